The summed E-state index contributed by atoms with van der Waals surface area (Å²) in [5, 5.41) is 25.0. The number of anilines is 3. The first kappa shape index (κ1) is 18.3. The molecule has 3 aromatic heterocycles. The highest BCUT2D eigenvalue weighted by atomic mass is 19.1. The number of aromatic nitrogens is 5. The van der Waals surface area contributed by atoms with Gasteiger partial charge in [-0.05, 0) is 37.6 Å². The molecule has 1 aromatic carbocycles. The highest BCUT2D eigenvalue weighted by Crippen LogP contribution is 2.34. The Balaban J connectivity index is 1.75. The van der Waals surface area contributed by atoms with Crippen LogP contribution in [0.5, 0.6) is 0 Å². The van der Waals surface area contributed by atoms with E-state index in [-0.39, 0.29) is 17.2 Å². The average Bonchev–Trinajstić information content (AvgIpc) is 3.19. The zero-order valence-electron chi connectivity index (χ0n) is 15.8. The van der Waals surface area contributed by atoms with Gasteiger partial charge in [0.2, 0.25) is 0 Å². The quantitative estimate of drug-likeness (QED) is 0.511. The summed E-state index contributed by atoms with van der Waals surface area (Å²) in [6.45, 7) is 3.63. The van der Waals surface area contributed by atoms with Crippen molar-refractivity contribution in [1.82, 2.24) is 25.0 Å². The minimum absolute atomic E-state index is 0.0598. The Kier molecular flexibility index (Phi) is 4.52. The Hall–Kier alpha value is -4.06. The summed E-state index contributed by atoms with van der Waals surface area (Å²) in [5.41, 5.74) is 8.78. The van der Waals surface area contributed by atoms with Crippen molar-refractivity contribution in [2.24, 2.45) is 0 Å². The predicted octanol–water partition coefficient (Wildman–Crippen LogP) is 3.75. The van der Waals surface area contributed by atoms with Crippen LogP contribution in [-0.4, -0.2) is 25.0 Å². The first-order valence-electron chi connectivity index (χ1n) is 8.85. The summed E-state index contributed by atoms with van der Waals surface area (Å²) < 4.78 is 16.4. The van der Waals surface area contributed by atoms with Crippen LogP contribution in [-0.2, 0) is 0 Å². The highest BCUT2D eigenvalue weighted by Gasteiger charge is 2.16. The van der Waals surface area contributed by atoms with Crippen LogP contribution in [0.3, 0.4) is 0 Å². The van der Waals surface area contributed by atoms with Gasteiger partial charge in [-0.2, -0.15) is 10.4 Å². The highest BCUT2D eigenvalue weighted by molar-refractivity contribution is 5.95. The normalized spacial score (nSPS) is 11.9. The van der Waals surface area contributed by atoms with E-state index in [1.807, 2.05) is 13.0 Å². The lowest BCUT2D eigenvalue weighted by Gasteiger charge is -2.11. The van der Waals surface area contributed by atoms with Crippen molar-refractivity contribution in [3.05, 3.63) is 54.4 Å². The lowest BCUT2D eigenvalue weighted by atomic mass is 9.99. The fourth-order valence-corrected chi connectivity index (χ4v) is 3.02. The van der Waals surface area contributed by atoms with Crippen LogP contribution in [0.2, 0.25) is 0 Å². The molecule has 0 saturated heterocycles. The lowest BCUT2D eigenvalue weighted by molar-refractivity contribution is 0.591. The van der Waals surface area contributed by atoms with Gasteiger partial charge in [0.05, 0.1) is 23.6 Å². The van der Waals surface area contributed by atoms with E-state index in [1.54, 1.807) is 43.8 Å². The van der Waals surface area contributed by atoms with E-state index in [9.17, 15) is 4.39 Å². The van der Waals surface area contributed by atoms with Gasteiger partial charge in [-0.25, -0.2) is 4.39 Å². The zero-order valence-corrected chi connectivity index (χ0v) is 15.8. The molecule has 4 rings (SSSR count). The van der Waals surface area contributed by atoms with Gasteiger partial charge in [-0.1, -0.05) is 0 Å². The van der Waals surface area contributed by atoms with Crippen LogP contribution in [0.15, 0.2) is 43.0 Å². The van der Waals surface area contributed by atoms with Crippen molar-refractivity contribution >= 4 is 28.1 Å². The van der Waals surface area contributed by atoms with Gasteiger partial charge in [0.25, 0.3) is 0 Å². The molecule has 4 aromatic rings. The van der Waals surface area contributed by atoms with Crippen molar-refractivity contribution in [3.63, 3.8) is 0 Å². The Morgan fingerprint density at radius 1 is 1.24 bits per heavy atom. The van der Waals surface area contributed by atoms with Crippen LogP contribution in [0, 0.1) is 24.1 Å². The number of nitriles is 1. The number of nitrogens with one attached hydrogen (secondary N) is 1. The molecule has 0 amide bonds. The second-order valence-corrected chi connectivity index (χ2v) is 6.65. The predicted molar refractivity (Wildman–Crippen MR) is 108 cm³/mol. The molecule has 9 heteroatoms. The molecule has 0 spiro atoms. The van der Waals surface area contributed by atoms with E-state index >= 15 is 0 Å². The topological polar surface area (TPSA) is 118 Å². The van der Waals surface area contributed by atoms with Gasteiger partial charge < -0.3 is 11.1 Å². The van der Waals surface area contributed by atoms with Gasteiger partial charge >= 0.3 is 0 Å². The summed E-state index contributed by atoms with van der Waals surface area (Å²) in [5.74, 6) is -0.100. The van der Waals surface area contributed by atoms with Crippen LogP contribution in [0.25, 0.3) is 22.0 Å². The van der Waals surface area contributed by atoms with Crippen LogP contribution < -0.4 is 11.1 Å². The Morgan fingerprint density at radius 2 is 2.07 bits per heavy atom. The van der Waals surface area contributed by atoms with Crippen LogP contribution >= 0.6 is 0 Å². The maximum atomic E-state index is 14.9. The number of hydrogen-bond acceptors (Lipinski definition) is 7. The molecule has 144 valence electrons. The zero-order chi connectivity index (χ0) is 20.5. The molecule has 1 atom stereocenters. The van der Waals surface area contributed by atoms with Crippen LogP contribution in [0.1, 0.15) is 18.5 Å². The van der Waals surface area contributed by atoms with Crippen molar-refractivity contribution in [1.29, 1.82) is 5.26 Å². The van der Waals surface area contributed by atoms with Gasteiger partial charge in [0, 0.05) is 35.1 Å². The van der Waals surface area contributed by atoms with Crippen molar-refractivity contribution in [3.8, 4) is 17.2 Å². The molecule has 0 aliphatic heterocycles. The number of rotatable bonds is 4. The first-order chi connectivity index (χ1) is 14.0. The van der Waals surface area contributed by atoms with Crippen LogP contribution in [0.4, 0.5) is 21.6 Å². The molecule has 1 unspecified atom stereocenters. The summed E-state index contributed by atoms with van der Waals surface area (Å²) >= 11 is 0. The van der Waals surface area contributed by atoms with E-state index in [1.165, 1.54) is 4.68 Å². The number of benzene rings is 1. The number of nitrogens with two attached hydrogens (primary N) is 1. The SMILES string of the molecule is Cc1ccncc1-c1cc2cc(Nc3cnn(C(C)C#N)c3)nnc2c(N)c1F. The number of hydrogen-bond donors (Lipinski definition) is 2. The van der Waals surface area contributed by atoms with E-state index < -0.39 is 5.82 Å². The third-order valence-electron chi connectivity index (χ3n) is 4.64. The minimum atomic E-state index is -0.546. The number of halogens is 1. The van der Waals surface area contributed by atoms with Crippen molar-refractivity contribution in [2.75, 3.05) is 11.1 Å². The number of fused-ring (bicyclic) bond motifs is 1. The fraction of sp³-hybridized carbons (Fsp3) is 0.150. The standard InChI is InChI=1S/C20H17FN8/c1-11-3-4-24-9-16(11)15-5-13-6-17(27-28-20(13)19(23)18(15)21)26-14-8-25-29(10-14)12(2)7-22/h3-6,8-10,12H,23H2,1-2H3,(H,26,27). The molecule has 3 N–H and O–H groups in total. The molecule has 29 heavy (non-hydrogen) atoms. The van der Waals surface area contributed by atoms with E-state index in [0.717, 1.165) is 5.56 Å². The molecule has 0 fully saturated rings. The van der Waals surface area contributed by atoms with Crippen molar-refractivity contribution in [2.45, 2.75) is 19.9 Å². The molecule has 8 nitrogen and oxygen atoms in total. The molecular formula is C20H17FN8. The summed E-state index contributed by atoms with van der Waals surface area (Å²) in [7, 11) is 0. The summed E-state index contributed by atoms with van der Waals surface area (Å²) in [4.78, 5) is 4.09. The second kappa shape index (κ2) is 7.16. The summed E-state index contributed by atoms with van der Waals surface area (Å²) in [6.07, 6.45) is 6.55. The largest absolute Gasteiger partial charge is 0.395 e. The monoisotopic (exact) mass is 388 g/mol. The molecule has 0 saturated carbocycles. The van der Waals surface area contributed by atoms with Gasteiger partial charge in [0.1, 0.15) is 11.6 Å². The third-order valence-corrected chi connectivity index (χ3v) is 4.64. The Bertz CT molecular complexity index is 1260. The first-order valence-corrected chi connectivity index (χ1v) is 8.85. The molecule has 0 radical (unpaired) electrons. The number of aryl methyl sites for hydroxylation is 1. The van der Waals surface area contributed by atoms with E-state index in [4.69, 9.17) is 11.0 Å². The van der Waals surface area contributed by atoms with Gasteiger partial charge in [-0.15, -0.1) is 10.2 Å². The number of nitrogen functional groups attached to an aromatic ring is 1. The van der Waals surface area contributed by atoms with Gasteiger partial charge in [0.15, 0.2) is 11.6 Å². The molecule has 0 bridgehead atoms. The smallest absolute Gasteiger partial charge is 0.156 e. The maximum Gasteiger partial charge on any atom is 0.156 e. The van der Waals surface area contributed by atoms with E-state index in [2.05, 4.69) is 31.7 Å². The molecular weight excluding hydrogens is 371 g/mol. The fourth-order valence-electron chi connectivity index (χ4n) is 3.02. The molecule has 3 heterocycles. The number of nitrogens with zero attached hydrogens (tertiary/aromatic N) is 6. The minimum Gasteiger partial charge on any atom is -0.395 e. The molecule has 0 aliphatic rings. The second-order valence-electron chi connectivity index (χ2n) is 6.65. The lowest BCUT2D eigenvalue weighted by Crippen LogP contribution is -2.02. The Labute approximate surface area is 165 Å². The van der Waals surface area contributed by atoms with E-state index in [0.29, 0.717) is 28.0 Å². The third kappa shape index (κ3) is 3.32. The number of pyridine rings is 1. The average molecular weight is 388 g/mol. The molecule has 0 aliphatic carbocycles. The summed E-state index contributed by atoms with van der Waals surface area (Å²) in [6, 6.07) is 6.96. The van der Waals surface area contributed by atoms with Crippen molar-refractivity contribution < 1.29 is 4.39 Å². The van der Waals surface area contributed by atoms with Gasteiger partial charge in [-0.3, -0.25) is 9.67 Å². The maximum absolute atomic E-state index is 14.9. The Morgan fingerprint density at radius 3 is 2.83 bits per heavy atom.